The van der Waals surface area contributed by atoms with Gasteiger partial charge in [-0.1, -0.05) is 22.8 Å². The van der Waals surface area contributed by atoms with Crippen molar-refractivity contribution in [1.29, 1.82) is 0 Å². The fraction of sp³-hybridized carbons (Fsp3) is 0.200. The summed E-state index contributed by atoms with van der Waals surface area (Å²) in [4.78, 5) is 24.5. The number of hydrogen-bond donors (Lipinski definition) is 1. The highest BCUT2D eigenvalue weighted by molar-refractivity contribution is 6.29. The highest BCUT2D eigenvalue weighted by Crippen LogP contribution is 2.30. The molecule has 4 rings (SSSR count). The minimum Gasteiger partial charge on any atom is -0.347 e. The van der Waals surface area contributed by atoms with Crippen LogP contribution in [-0.4, -0.2) is 42.3 Å². The Hall–Kier alpha value is -3.73. The van der Waals surface area contributed by atoms with Crippen LogP contribution < -0.4 is 5.32 Å². The van der Waals surface area contributed by atoms with Gasteiger partial charge in [0.05, 0.1) is 23.5 Å². The maximum atomic E-state index is 13.9. The van der Waals surface area contributed by atoms with Gasteiger partial charge in [0, 0.05) is 31.4 Å². The molecule has 1 unspecified atom stereocenters. The maximum Gasteiger partial charge on any atom is 0.316 e. The van der Waals surface area contributed by atoms with Crippen LogP contribution in [0.5, 0.6) is 0 Å². The van der Waals surface area contributed by atoms with Crippen LogP contribution in [0.15, 0.2) is 47.4 Å². The minimum absolute atomic E-state index is 0.0890. The van der Waals surface area contributed by atoms with Gasteiger partial charge in [-0.3, -0.25) is 9.48 Å². The molecule has 0 aliphatic heterocycles. The second-order valence-electron chi connectivity index (χ2n) is 7.17. The standard InChI is InChI=1S/C20H16ClF2N7O2/c1-20(11-7-26-30(2)9-11,14-4-3-5-15(21)27-14)10-25-18(31)19-28-17(29-32-19)16-13(23)6-12(22)8-24-16/h3-9H,10H2,1-2H3,(H,25,31). The molecular weight excluding hydrogens is 444 g/mol. The van der Waals surface area contributed by atoms with E-state index in [9.17, 15) is 13.6 Å². The summed E-state index contributed by atoms with van der Waals surface area (Å²) >= 11 is 6.07. The Kier molecular flexibility index (Phi) is 5.66. The molecule has 0 bridgehead atoms. The van der Waals surface area contributed by atoms with Gasteiger partial charge in [-0.2, -0.15) is 10.1 Å². The third-order valence-electron chi connectivity index (χ3n) is 4.86. The van der Waals surface area contributed by atoms with Crippen molar-refractivity contribution < 1.29 is 18.1 Å². The van der Waals surface area contributed by atoms with Gasteiger partial charge < -0.3 is 9.84 Å². The van der Waals surface area contributed by atoms with Crippen LogP contribution in [0.4, 0.5) is 8.78 Å². The van der Waals surface area contributed by atoms with Crippen molar-refractivity contribution in [2.45, 2.75) is 12.3 Å². The summed E-state index contributed by atoms with van der Waals surface area (Å²) < 4.78 is 33.5. The number of carbonyl (C=O) groups is 1. The molecule has 4 aromatic heterocycles. The fourth-order valence-corrected chi connectivity index (χ4v) is 3.25. The van der Waals surface area contributed by atoms with Gasteiger partial charge in [-0.25, -0.2) is 18.7 Å². The Labute approximate surface area is 185 Å². The highest BCUT2D eigenvalue weighted by Gasteiger charge is 2.33. The average molecular weight is 460 g/mol. The molecule has 0 spiro atoms. The van der Waals surface area contributed by atoms with Crippen molar-refractivity contribution in [3.8, 4) is 11.5 Å². The largest absolute Gasteiger partial charge is 0.347 e. The summed E-state index contributed by atoms with van der Waals surface area (Å²) in [5, 5.41) is 10.8. The van der Waals surface area contributed by atoms with Gasteiger partial charge in [0.1, 0.15) is 16.7 Å². The predicted molar refractivity (Wildman–Crippen MR) is 109 cm³/mol. The van der Waals surface area contributed by atoms with E-state index in [0.717, 1.165) is 11.8 Å². The molecule has 12 heteroatoms. The summed E-state index contributed by atoms with van der Waals surface area (Å²) in [7, 11) is 1.77. The first kappa shape index (κ1) is 21.5. The van der Waals surface area contributed by atoms with Crippen molar-refractivity contribution in [3.63, 3.8) is 0 Å². The summed E-state index contributed by atoms with van der Waals surface area (Å²) in [6.07, 6.45) is 4.29. The first-order chi connectivity index (χ1) is 15.3. The van der Waals surface area contributed by atoms with Crippen LogP contribution in [0.25, 0.3) is 11.5 Å². The molecular formula is C20H16ClF2N7O2. The molecule has 1 N–H and O–H groups in total. The average Bonchev–Trinajstić information content (AvgIpc) is 3.41. The van der Waals surface area contributed by atoms with E-state index in [1.165, 1.54) is 0 Å². The number of rotatable bonds is 6. The number of nitrogens with zero attached hydrogens (tertiary/aromatic N) is 6. The van der Waals surface area contributed by atoms with Crippen molar-refractivity contribution in [2.75, 3.05) is 6.54 Å². The maximum absolute atomic E-state index is 13.9. The number of aromatic nitrogens is 6. The summed E-state index contributed by atoms with van der Waals surface area (Å²) in [6.45, 7) is 1.96. The molecule has 0 radical (unpaired) electrons. The number of halogens is 3. The third-order valence-corrected chi connectivity index (χ3v) is 5.08. The van der Waals surface area contributed by atoms with Gasteiger partial charge in [0.2, 0.25) is 5.82 Å². The summed E-state index contributed by atoms with van der Waals surface area (Å²) in [5.74, 6) is -3.20. The number of amides is 1. The Balaban J connectivity index is 1.58. The number of aryl methyl sites for hydroxylation is 1. The third kappa shape index (κ3) is 4.19. The van der Waals surface area contributed by atoms with E-state index in [2.05, 4.69) is 30.5 Å². The minimum atomic E-state index is -0.978. The van der Waals surface area contributed by atoms with E-state index in [0.29, 0.717) is 16.9 Å². The van der Waals surface area contributed by atoms with Crippen LogP contribution >= 0.6 is 11.6 Å². The normalized spacial score (nSPS) is 13.0. The molecule has 0 fully saturated rings. The van der Waals surface area contributed by atoms with Crippen molar-refractivity contribution in [3.05, 3.63) is 76.8 Å². The zero-order valence-electron chi connectivity index (χ0n) is 16.9. The Morgan fingerprint density at radius 1 is 1.28 bits per heavy atom. The molecule has 4 aromatic rings. The molecule has 0 aliphatic rings. The van der Waals surface area contributed by atoms with Crippen molar-refractivity contribution in [1.82, 2.24) is 35.2 Å². The molecule has 32 heavy (non-hydrogen) atoms. The van der Waals surface area contributed by atoms with Crippen LogP contribution in [0.2, 0.25) is 5.15 Å². The monoisotopic (exact) mass is 459 g/mol. The Morgan fingerprint density at radius 3 is 2.78 bits per heavy atom. The number of hydrogen-bond acceptors (Lipinski definition) is 7. The lowest BCUT2D eigenvalue weighted by molar-refractivity contribution is 0.0903. The number of pyridine rings is 2. The SMILES string of the molecule is Cn1cc(C(C)(CNC(=O)c2nc(-c3ncc(F)cc3F)no2)c2cccc(Cl)n2)cn1. The lowest BCUT2D eigenvalue weighted by Gasteiger charge is -2.28. The zero-order chi connectivity index (χ0) is 22.9. The van der Waals surface area contributed by atoms with E-state index >= 15 is 0 Å². The van der Waals surface area contributed by atoms with Gasteiger partial charge in [-0.15, -0.1) is 0 Å². The van der Waals surface area contributed by atoms with Crippen LogP contribution in [-0.2, 0) is 12.5 Å². The quantitative estimate of drug-likeness (QED) is 0.441. The summed E-state index contributed by atoms with van der Waals surface area (Å²) in [6, 6.07) is 5.83. The molecule has 0 aromatic carbocycles. The number of carbonyl (C=O) groups excluding carboxylic acids is 1. The second kappa shape index (κ2) is 8.42. The van der Waals surface area contributed by atoms with E-state index in [1.807, 2.05) is 13.1 Å². The zero-order valence-corrected chi connectivity index (χ0v) is 17.6. The van der Waals surface area contributed by atoms with E-state index < -0.39 is 28.8 Å². The Morgan fingerprint density at radius 2 is 2.09 bits per heavy atom. The topological polar surface area (TPSA) is 112 Å². The molecule has 9 nitrogen and oxygen atoms in total. The fourth-order valence-electron chi connectivity index (χ4n) is 3.09. The smallest absolute Gasteiger partial charge is 0.316 e. The van der Waals surface area contributed by atoms with E-state index in [-0.39, 0.29) is 18.1 Å². The molecule has 0 saturated heterocycles. The van der Waals surface area contributed by atoms with Crippen LogP contribution in [0.1, 0.15) is 28.9 Å². The summed E-state index contributed by atoms with van der Waals surface area (Å²) in [5.41, 5.74) is 0.279. The number of nitrogens with one attached hydrogen (secondary N) is 1. The molecule has 1 atom stereocenters. The van der Waals surface area contributed by atoms with E-state index in [4.69, 9.17) is 16.1 Å². The van der Waals surface area contributed by atoms with Crippen molar-refractivity contribution in [2.24, 2.45) is 7.05 Å². The first-order valence-corrected chi connectivity index (χ1v) is 9.69. The second-order valence-corrected chi connectivity index (χ2v) is 7.56. The van der Waals surface area contributed by atoms with Gasteiger partial charge in [0.15, 0.2) is 5.82 Å². The van der Waals surface area contributed by atoms with E-state index in [1.54, 1.807) is 36.1 Å². The lowest BCUT2D eigenvalue weighted by atomic mass is 9.80. The Bertz CT molecular complexity index is 1290. The van der Waals surface area contributed by atoms with Crippen molar-refractivity contribution >= 4 is 17.5 Å². The van der Waals surface area contributed by atoms with Gasteiger partial charge in [0.25, 0.3) is 0 Å². The highest BCUT2D eigenvalue weighted by atomic mass is 35.5. The van der Waals surface area contributed by atoms with Gasteiger partial charge >= 0.3 is 11.8 Å². The molecule has 1 amide bonds. The van der Waals surface area contributed by atoms with Gasteiger partial charge in [-0.05, 0) is 19.1 Å². The first-order valence-electron chi connectivity index (χ1n) is 9.32. The van der Waals surface area contributed by atoms with Crippen LogP contribution in [0, 0.1) is 11.6 Å². The molecule has 164 valence electrons. The van der Waals surface area contributed by atoms with Crippen LogP contribution in [0.3, 0.4) is 0 Å². The lowest BCUT2D eigenvalue weighted by Crippen LogP contribution is -2.40. The molecule has 0 aliphatic carbocycles. The molecule has 4 heterocycles. The predicted octanol–water partition coefficient (Wildman–Crippen LogP) is 2.93. The molecule has 0 saturated carbocycles.